The highest BCUT2D eigenvalue weighted by molar-refractivity contribution is 5.78. The Morgan fingerprint density at radius 1 is 1.32 bits per heavy atom. The summed E-state index contributed by atoms with van der Waals surface area (Å²) in [6.45, 7) is 4.27. The molecule has 0 radical (unpaired) electrons. The summed E-state index contributed by atoms with van der Waals surface area (Å²) >= 11 is 0. The predicted molar refractivity (Wildman–Crippen MR) is 98.3 cm³/mol. The summed E-state index contributed by atoms with van der Waals surface area (Å²) in [5.41, 5.74) is 1.15. The van der Waals surface area contributed by atoms with E-state index < -0.39 is 5.97 Å². The van der Waals surface area contributed by atoms with E-state index in [1.807, 2.05) is 18.2 Å². The minimum atomic E-state index is -0.736. The van der Waals surface area contributed by atoms with Crippen LogP contribution in [0.4, 0.5) is 0 Å². The lowest BCUT2D eigenvalue weighted by Crippen LogP contribution is -2.43. The largest absolute Gasteiger partial charge is 0.481 e. The van der Waals surface area contributed by atoms with Crippen molar-refractivity contribution < 1.29 is 14.7 Å². The highest BCUT2D eigenvalue weighted by Gasteiger charge is 2.23. The van der Waals surface area contributed by atoms with Gasteiger partial charge in [-0.15, -0.1) is 0 Å². The van der Waals surface area contributed by atoms with Crippen molar-refractivity contribution in [2.24, 2.45) is 5.92 Å². The maximum atomic E-state index is 12.5. The van der Waals surface area contributed by atoms with Crippen molar-refractivity contribution in [1.82, 2.24) is 10.2 Å². The SMILES string of the molecule is CCCC(NC(=O)CN1CCCC(CCC(=O)O)C1)c1ccccc1. The summed E-state index contributed by atoms with van der Waals surface area (Å²) in [7, 11) is 0. The van der Waals surface area contributed by atoms with Gasteiger partial charge in [-0.3, -0.25) is 14.5 Å². The topological polar surface area (TPSA) is 69.6 Å². The van der Waals surface area contributed by atoms with Gasteiger partial charge in [0.15, 0.2) is 0 Å². The summed E-state index contributed by atoms with van der Waals surface area (Å²) in [6.07, 6.45) is 4.97. The van der Waals surface area contributed by atoms with Crippen molar-refractivity contribution in [2.75, 3.05) is 19.6 Å². The molecular weight excluding hydrogens is 316 g/mol. The second kappa shape index (κ2) is 10.2. The summed E-state index contributed by atoms with van der Waals surface area (Å²) in [6, 6.07) is 10.2. The summed E-state index contributed by atoms with van der Waals surface area (Å²) in [5.74, 6) is -0.292. The molecule has 0 aromatic heterocycles. The van der Waals surface area contributed by atoms with Gasteiger partial charge in [0.05, 0.1) is 12.6 Å². The summed E-state index contributed by atoms with van der Waals surface area (Å²) in [4.78, 5) is 25.4. The number of hydrogen-bond donors (Lipinski definition) is 2. The molecular formula is C20H30N2O3. The van der Waals surface area contributed by atoms with Gasteiger partial charge in [0.2, 0.25) is 5.91 Å². The van der Waals surface area contributed by atoms with Gasteiger partial charge >= 0.3 is 5.97 Å². The van der Waals surface area contributed by atoms with Gasteiger partial charge in [0.25, 0.3) is 0 Å². The number of nitrogens with one attached hydrogen (secondary N) is 1. The van der Waals surface area contributed by atoms with E-state index in [4.69, 9.17) is 5.11 Å². The number of carboxylic acid groups (broad SMARTS) is 1. The van der Waals surface area contributed by atoms with Crippen LogP contribution in [0.1, 0.15) is 57.1 Å². The molecule has 138 valence electrons. The van der Waals surface area contributed by atoms with E-state index in [0.717, 1.165) is 44.3 Å². The number of carbonyl (C=O) groups is 2. The van der Waals surface area contributed by atoms with E-state index in [9.17, 15) is 9.59 Å². The molecule has 0 bridgehead atoms. The number of rotatable bonds is 9. The minimum absolute atomic E-state index is 0.0567. The second-order valence-electron chi connectivity index (χ2n) is 7.00. The average Bonchev–Trinajstić information content (AvgIpc) is 2.60. The Morgan fingerprint density at radius 2 is 2.08 bits per heavy atom. The number of nitrogens with zero attached hydrogens (tertiary/aromatic N) is 1. The lowest BCUT2D eigenvalue weighted by atomic mass is 9.93. The maximum Gasteiger partial charge on any atom is 0.303 e. The Labute approximate surface area is 150 Å². The molecule has 5 nitrogen and oxygen atoms in total. The Bertz CT molecular complexity index is 547. The van der Waals surface area contributed by atoms with Crippen LogP contribution < -0.4 is 5.32 Å². The molecule has 5 heteroatoms. The first-order valence-corrected chi connectivity index (χ1v) is 9.37. The van der Waals surface area contributed by atoms with Gasteiger partial charge in [-0.2, -0.15) is 0 Å². The summed E-state index contributed by atoms with van der Waals surface area (Å²) in [5, 5.41) is 12.0. The van der Waals surface area contributed by atoms with Gasteiger partial charge in [0, 0.05) is 13.0 Å². The van der Waals surface area contributed by atoms with Crippen LogP contribution in [-0.2, 0) is 9.59 Å². The van der Waals surface area contributed by atoms with Gasteiger partial charge in [-0.05, 0) is 43.7 Å². The van der Waals surface area contributed by atoms with Crippen molar-refractivity contribution >= 4 is 11.9 Å². The molecule has 1 aliphatic rings. The van der Waals surface area contributed by atoms with Gasteiger partial charge in [-0.25, -0.2) is 0 Å². The number of likely N-dealkylation sites (tertiary alicyclic amines) is 1. The molecule has 2 rings (SSSR count). The zero-order valence-electron chi connectivity index (χ0n) is 15.1. The number of carbonyl (C=O) groups excluding carboxylic acids is 1. The number of amides is 1. The van der Waals surface area contributed by atoms with E-state index in [0.29, 0.717) is 18.9 Å². The molecule has 2 N–H and O–H groups in total. The zero-order chi connectivity index (χ0) is 18.1. The Morgan fingerprint density at radius 3 is 2.76 bits per heavy atom. The molecule has 1 saturated heterocycles. The Hall–Kier alpha value is -1.88. The van der Waals surface area contributed by atoms with Crippen molar-refractivity contribution in [2.45, 2.75) is 51.5 Å². The lowest BCUT2D eigenvalue weighted by molar-refractivity contribution is -0.137. The fraction of sp³-hybridized carbons (Fsp3) is 0.600. The van der Waals surface area contributed by atoms with Crippen LogP contribution in [0.25, 0.3) is 0 Å². The first-order valence-electron chi connectivity index (χ1n) is 9.37. The van der Waals surface area contributed by atoms with E-state index in [1.54, 1.807) is 0 Å². The van der Waals surface area contributed by atoms with Crippen molar-refractivity contribution in [1.29, 1.82) is 0 Å². The first kappa shape index (κ1) is 19.4. The van der Waals surface area contributed by atoms with Crippen LogP contribution >= 0.6 is 0 Å². The standard InChI is InChI=1S/C20H30N2O3/c1-2-7-18(17-9-4-3-5-10-17)21-19(23)15-22-13-6-8-16(14-22)11-12-20(24)25/h3-5,9-10,16,18H,2,6-8,11-15H2,1H3,(H,21,23)(H,24,25). The molecule has 2 atom stereocenters. The molecule has 1 aromatic carbocycles. The molecule has 2 unspecified atom stereocenters. The monoisotopic (exact) mass is 346 g/mol. The third-order valence-electron chi connectivity index (χ3n) is 4.85. The number of piperidine rings is 1. The van der Waals surface area contributed by atoms with Crippen molar-refractivity contribution in [3.8, 4) is 0 Å². The quantitative estimate of drug-likeness (QED) is 0.720. The second-order valence-corrected chi connectivity index (χ2v) is 7.00. The first-order chi connectivity index (χ1) is 12.1. The highest BCUT2D eigenvalue weighted by Crippen LogP contribution is 2.21. The molecule has 25 heavy (non-hydrogen) atoms. The molecule has 0 aliphatic carbocycles. The molecule has 0 spiro atoms. The normalized spacial score (nSPS) is 19.3. The van der Waals surface area contributed by atoms with Crippen molar-refractivity contribution in [3.63, 3.8) is 0 Å². The Kier molecular flexibility index (Phi) is 7.92. The van der Waals surface area contributed by atoms with E-state index in [2.05, 4.69) is 29.3 Å². The maximum absolute atomic E-state index is 12.5. The molecule has 1 heterocycles. The van der Waals surface area contributed by atoms with E-state index >= 15 is 0 Å². The molecule has 1 aliphatic heterocycles. The Balaban J connectivity index is 1.84. The molecule has 1 amide bonds. The van der Waals surface area contributed by atoms with E-state index in [-0.39, 0.29) is 18.4 Å². The molecule has 0 saturated carbocycles. The third kappa shape index (κ3) is 6.86. The lowest BCUT2D eigenvalue weighted by Gasteiger charge is -2.32. The number of carboxylic acids is 1. The van der Waals surface area contributed by atoms with E-state index in [1.165, 1.54) is 0 Å². The number of aliphatic carboxylic acids is 1. The fourth-order valence-electron chi connectivity index (χ4n) is 3.60. The van der Waals surface area contributed by atoms with Gasteiger partial charge < -0.3 is 10.4 Å². The molecule has 1 aromatic rings. The molecule has 1 fully saturated rings. The van der Waals surface area contributed by atoms with Crippen LogP contribution in [0.15, 0.2) is 30.3 Å². The van der Waals surface area contributed by atoms with Crippen LogP contribution in [0.2, 0.25) is 0 Å². The van der Waals surface area contributed by atoms with Crippen LogP contribution in [0, 0.1) is 5.92 Å². The third-order valence-corrected chi connectivity index (χ3v) is 4.85. The van der Waals surface area contributed by atoms with Crippen LogP contribution in [0.5, 0.6) is 0 Å². The zero-order valence-corrected chi connectivity index (χ0v) is 15.1. The fourth-order valence-corrected chi connectivity index (χ4v) is 3.60. The number of benzene rings is 1. The van der Waals surface area contributed by atoms with Crippen LogP contribution in [-0.4, -0.2) is 41.5 Å². The van der Waals surface area contributed by atoms with Gasteiger partial charge in [-0.1, -0.05) is 43.7 Å². The van der Waals surface area contributed by atoms with Crippen molar-refractivity contribution in [3.05, 3.63) is 35.9 Å². The number of hydrogen-bond acceptors (Lipinski definition) is 3. The van der Waals surface area contributed by atoms with Crippen LogP contribution in [0.3, 0.4) is 0 Å². The van der Waals surface area contributed by atoms with Gasteiger partial charge in [0.1, 0.15) is 0 Å². The smallest absolute Gasteiger partial charge is 0.303 e. The predicted octanol–water partition coefficient (Wildman–Crippen LogP) is 3.22. The summed E-state index contributed by atoms with van der Waals surface area (Å²) < 4.78 is 0. The minimum Gasteiger partial charge on any atom is -0.481 e. The average molecular weight is 346 g/mol. The highest BCUT2D eigenvalue weighted by atomic mass is 16.4.